The molecule has 0 unspecified atom stereocenters. The van der Waals surface area contributed by atoms with E-state index in [2.05, 4.69) is 20.4 Å². The Balaban J connectivity index is 1.79. The normalized spacial score (nSPS) is 18.6. The minimum atomic E-state index is 0.997. The summed E-state index contributed by atoms with van der Waals surface area (Å²) in [6, 6.07) is 0. The first kappa shape index (κ1) is 9.61. The first-order valence-electron chi connectivity index (χ1n) is 5.12. The van der Waals surface area contributed by atoms with Crippen LogP contribution >= 0.6 is 0 Å². The van der Waals surface area contributed by atoms with Gasteiger partial charge in [0, 0.05) is 46.2 Å². The molecule has 0 spiro atoms. The number of nitrogens with zero attached hydrogens (tertiary/aromatic N) is 4. The second-order valence-electron chi connectivity index (χ2n) is 3.70. The van der Waals surface area contributed by atoms with Gasteiger partial charge < -0.3 is 14.8 Å². The minimum Gasteiger partial charge on any atom is -0.321 e. The third-order valence-electron chi connectivity index (χ3n) is 2.67. The van der Waals surface area contributed by atoms with Gasteiger partial charge in [-0.25, -0.2) is 0 Å². The third kappa shape index (κ3) is 2.30. The van der Waals surface area contributed by atoms with Gasteiger partial charge in [0.1, 0.15) is 12.2 Å². The van der Waals surface area contributed by atoms with Crippen LogP contribution in [0, 0.1) is 0 Å². The summed E-state index contributed by atoms with van der Waals surface area (Å²) >= 11 is 0. The highest BCUT2D eigenvalue weighted by molar-refractivity contribution is 4.85. The monoisotopic (exact) mass is 195 g/mol. The van der Waals surface area contributed by atoms with Crippen molar-refractivity contribution < 1.29 is 0 Å². The molecule has 0 amide bonds. The Bertz CT molecular complexity index is 276. The molecule has 2 rings (SSSR count). The van der Waals surface area contributed by atoms with Gasteiger partial charge in [-0.3, -0.25) is 0 Å². The lowest BCUT2D eigenvalue weighted by atomic mass is 10.3. The molecule has 0 bridgehead atoms. The molecule has 0 radical (unpaired) electrons. The highest BCUT2D eigenvalue weighted by Crippen LogP contribution is 1.97. The van der Waals surface area contributed by atoms with Crippen LogP contribution in [0.1, 0.15) is 5.82 Å². The first-order chi connectivity index (χ1) is 6.86. The zero-order chi connectivity index (χ0) is 9.80. The fourth-order valence-electron chi connectivity index (χ4n) is 1.73. The topological polar surface area (TPSA) is 46.0 Å². The van der Waals surface area contributed by atoms with Crippen LogP contribution in [0.4, 0.5) is 0 Å². The Labute approximate surface area is 84.1 Å². The largest absolute Gasteiger partial charge is 0.321 e. The number of aromatic nitrogens is 3. The average Bonchev–Trinajstić information content (AvgIpc) is 2.63. The summed E-state index contributed by atoms with van der Waals surface area (Å²) in [4.78, 5) is 2.46. The van der Waals surface area contributed by atoms with E-state index in [1.807, 2.05) is 11.6 Å². The van der Waals surface area contributed by atoms with Crippen molar-refractivity contribution in [1.82, 2.24) is 25.0 Å². The Morgan fingerprint density at radius 2 is 2.21 bits per heavy atom. The molecule has 1 saturated heterocycles. The molecule has 1 aromatic rings. The van der Waals surface area contributed by atoms with Crippen molar-refractivity contribution in [3.8, 4) is 0 Å². The standard InChI is InChI=1S/C9H17N5/c1-13-8-11-12-9(13)2-5-14-6-3-10-4-7-14/h8,10H,2-7H2,1H3. The Morgan fingerprint density at radius 3 is 2.86 bits per heavy atom. The van der Waals surface area contributed by atoms with E-state index in [0.717, 1.165) is 45.0 Å². The molecule has 1 aromatic heterocycles. The SMILES string of the molecule is Cn1cnnc1CCN1CCNCC1. The summed E-state index contributed by atoms with van der Waals surface area (Å²) in [6.45, 7) is 5.61. The summed E-state index contributed by atoms with van der Waals surface area (Å²) in [5.74, 6) is 1.07. The van der Waals surface area contributed by atoms with Gasteiger partial charge in [0.05, 0.1) is 0 Å². The summed E-state index contributed by atoms with van der Waals surface area (Å²) in [5.41, 5.74) is 0. The summed E-state index contributed by atoms with van der Waals surface area (Å²) in [7, 11) is 1.99. The lowest BCUT2D eigenvalue weighted by Crippen LogP contribution is -2.44. The van der Waals surface area contributed by atoms with Crippen LogP contribution in [0.5, 0.6) is 0 Å². The van der Waals surface area contributed by atoms with E-state index in [1.54, 1.807) is 6.33 Å². The summed E-state index contributed by atoms with van der Waals surface area (Å²) in [6.07, 6.45) is 2.75. The quantitative estimate of drug-likeness (QED) is 0.690. The molecule has 0 aliphatic carbocycles. The minimum absolute atomic E-state index is 0.997. The van der Waals surface area contributed by atoms with Crippen LogP contribution < -0.4 is 5.32 Å². The zero-order valence-electron chi connectivity index (χ0n) is 8.61. The molecule has 14 heavy (non-hydrogen) atoms. The van der Waals surface area contributed by atoms with Gasteiger partial charge in [-0.15, -0.1) is 10.2 Å². The van der Waals surface area contributed by atoms with Gasteiger partial charge in [-0.2, -0.15) is 0 Å². The second-order valence-corrected chi connectivity index (χ2v) is 3.70. The number of hydrogen-bond acceptors (Lipinski definition) is 4. The average molecular weight is 195 g/mol. The molecule has 1 N–H and O–H groups in total. The van der Waals surface area contributed by atoms with Crippen LogP contribution in [-0.4, -0.2) is 52.4 Å². The Kier molecular flexibility index (Phi) is 3.10. The van der Waals surface area contributed by atoms with Gasteiger partial charge in [-0.05, 0) is 0 Å². The van der Waals surface area contributed by atoms with Gasteiger partial charge in [-0.1, -0.05) is 0 Å². The number of nitrogens with one attached hydrogen (secondary N) is 1. The summed E-state index contributed by atoms with van der Waals surface area (Å²) in [5, 5.41) is 11.3. The number of aryl methyl sites for hydroxylation is 1. The molecular formula is C9H17N5. The molecule has 5 heteroatoms. The molecule has 0 atom stereocenters. The van der Waals surface area contributed by atoms with Gasteiger partial charge in [0.2, 0.25) is 0 Å². The van der Waals surface area contributed by atoms with Gasteiger partial charge in [0.25, 0.3) is 0 Å². The van der Waals surface area contributed by atoms with Crippen molar-refractivity contribution in [2.24, 2.45) is 7.05 Å². The molecule has 1 fully saturated rings. The van der Waals surface area contributed by atoms with Crippen molar-refractivity contribution in [3.05, 3.63) is 12.2 Å². The third-order valence-corrected chi connectivity index (χ3v) is 2.67. The van der Waals surface area contributed by atoms with E-state index < -0.39 is 0 Å². The summed E-state index contributed by atoms with van der Waals surface area (Å²) < 4.78 is 1.99. The molecule has 78 valence electrons. The fraction of sp³-hybridized carbons (Fsp3) is 0.778. The number of piperazine rings is 1. The van der Waals surface area contributed by atoms with Crippen molar-refractivity contribution in [1.29, 1.82) is 0 Å². The molecular weight excluding hydrogens is 178 g/mol. The highest BCUT2D eigenvalue weighted by atomic mass is 15.3. The van der Waals surface area contributed by atoms with E-state index in [-0.39, 0.29) is 0 Å². The lowest BCUT2D eigenvalue weighted by Gasteiger charge is -2.26. The maximum Gasteiger partial charge on any atom is 0.133 e. The Morgan fingerprint density at radius 1 is 1.43 bits per heavy atom. The van der Waals surface area contributed by atoms with Gasteiger partial charge >= 0.3 is 0 Å². The number of rotatable bonds is 3. The zero-order valence-corrected chi connectivity index (χ0v) is 8.61. The van der Waals surface area contributed by atoms with Crippen molar-refractivity contribution in [3.63, 3.8) is 0 Å². The van der Waals surface area contributed by atoms with Crippen molar-refractivity contribution >= 4 is 0 Å². The molecule has 0 saturated carbocycles. The fourth-order valence-corrected chi connectivity index (χ4v) is 1.73. The van der Waals surface area contributed by atoms with Crippen LogP contribution in [0.2, 0.25) is 0 Å². The second kappa shape index (κ2) is 4.52. The smallest absolute Gasteiger partial charge is 0.133 e. The van der Waals surface area contributed by atoms with E-state index in [9.17, 15) is 0 Å². The maximum atomic E-state index is 4.07. The molecule has 1 aliphatic rings. The molecule has 1 aliphatic heterocycles. The maximum absolute atomic E-state index is 4.07. The van der Waals surface area contributed by atoms with Gasteiger partial charge in [0.15, 0.2) is 0 Å². The van der Waals surface area contributed by atoms with E-state index >= 15 is 0 Å². The first-order valence-corrected chi connectivity index (χ1v) is 5.12. The van der Waals surface area contributed by atoms with E-state index in [1.165, 1.54) is 0 Å². The van der Waals surface area contributed by atoms with Crippen LogP contribution in [-0.2, 0) is 13.5 Å². The van der Waals surface area contributed by atoms with E-state index in [4.69, 9.17) is 0 Å². The molecule has 2 heterocycles. The van der Waals surface area contributed by atoms with Crippen molar-refractivity contribution in [2.75, 3.05) is 32.7 Å². The van der Waals surface area contributed by atoms with E-state index in [0.29, 0.717) is 0 Å². The Hall–Kier alpha value is -0.940. The molecule has 0 aromatic carbocycles. The lowest BCUT2D eigenvalue weighted by molar-refractivity contribution is 0.242. The van der Waals surface area contributed by atoms with Crippen LogP contribution in [0.3, 0.4) is 0 Å². The van der Waals surface area contributed by atoms with Crippen LogP contribution in [0.25, 0.3) is 0 Å². The molecule has 5 nitrogen and oxygen atoms in total. The predicted molar refractivity (Wildman–Crippen MR) is 54.0 cm³/mol. The van der Waals surface area contributed by atoms with Crippen molar-refractivity contribution in [2.45, 2.75) is 6.42 Å². The number of hydrogen-bond donors (Lipinski definition) is 1. The highest BCUT2D eigenvalue weighted by Gasteiger charge is 2.10. The predicted octanol–water partition coefficient (Wildman–Crippen LogP) is -0.737. The van der Waals surface area contributed by atoms with Crippen LogP contribution in [0.15, 0.2) is 6.33 Å².